The number of amides is 1. The minimum Gasteiger partial charge on any atom is -0.378 e. The molecule has 7 nitrogen and oxygen atoms in total. The monoisotopic (exact) mass is 395 g/mol. The number of morpholine rings is 1. The van der Waals surface area contributed by atoms with Crippen molar-refractivity contribution in [1.29, 1.82) is 0 Å². The van der Waals surface area contributed by atoms with E-state index in [2.05, 4.69) is 9.71 Å². The summed E-state index contributed by atoms with van der Waals surface area (Å²) >= 11 is 1.42. The number of hydrogen-bond donors (Lipinski definition) is 1. The van der Waals surface area contributed by atoms with Crippen molar-refractivity contribution >= 4 is 33.1 Å². The van der Waals surface area contributed by atoms with E-state index in [1.807, 2.05) is 13.8 Å². The molecule has 1 fully saturated rings. The summed E-state index contributed by atoms with van der Waals surface area (Å²) in [5.41, 5.74) is 2.08. The fraction of sp³-hybridized carbons (Fsp3) is 0.412. The molecule has 9 heteroatoms. The lowest BCUT2D eigenvalue weighted by Gasteiger charge is -2.26. The molecule has 2 aromatic rings. The fourth-order valence-corrected chi connectivity index (χ4v) is 4.51. The molecule has 0 radical (unpaired) electrons. The van der Waals surface area contributed by atoms with Gasteiger partial charge in [0, 0.05) is 18.7 Å². The van der Waals surface area contributed by atoms with Gasteiger partial charge in [-0.1, -0.05) is 13.8 Å². The normalized spacial score (nSPS) is 15.3. The van der Waals surface area contributed by atoms with E-state index in [9.17, 15) is 13.2 Å². The van der Waals surface area contributed by atoms with Crippen molar-refractivity contribution in [3.63, 3.8) is 0 Å². The second-order valence-corrected chi connectivity index (χ2v) is 8.82. The molecule has 1 N–H and O–H groups in total. The second kappa shape index (κ2) is 7.73. The Labute approximate surface area is 157 Å². The number of benzene rings is 1. The smallest absolute Gasteiger partial charge is 0.263 e. The van der Waals surface area contributed by atoms with Crippen molar-refractivity contribution in [3.8, 4) is 0 Å². The average Bonchev–Trinajstić information content (AvgIpc) is 3.09. The third kappa shape index (κ3) is 4.05. The van der Waals surface area contributed by atoms with Gasteiger partial charge in [0.15, 0.2) is 5.82 Å². The van der Waals surface area contributed by atoms with E-state index in [1.165, 1.54) is 35.6 Å². The third-order valence-corrected chi connectivity index (χ3v) is 6.54. The molecule has 1 saturated heterocycles. The van der Waals surface area contributed by atoms with Gasteiger partial charge in [0.2, 0.25) is 0 Å². The minimum absolute atomic E-state index is 0.0960. The number of carbonyl (C=O) groups excluding carboxylic acids is 1. The molecule has 0 spiro atoms. The number of carbonyl (C=O) groups is 1. The Morgan fingerprint density at radius 3 is 2.50 bits per heavy atom. The molecular formula is C17H21N3O4S2. The molecule has 140 valence electrons. The Balaban J connectivity index is 1.76. The zero-order valence-corrected chi connectivity index (χ0v) is 16.3. The Morgan fingerprint density at radius 2 is 1.88 bits per heavy atom. The maximum absolute atomic E-state index is 12.6. The van der Waals surface area contributed by atoms with Crippen LogP contribution in [0.3, 0.4) is 0 Å². The van der Waals surface area contributed by atoms with Crippen LogP contribution in [0.2, 0.25) is 0 Å². The van der Waals surface area contributed by atoms with Crippen LogP contribution in [0.4, 0.5) is 5.82 Å². The summed E-state index contributed by atoms with van der Waals surface area (Å²) in [5.74, 6) is 0.416. The highest BCUT2D eigenvalue weighted by Crippen LogP contribution is 2.29. The topological polar surface area (TPSA) is 88.6 Å². The van der Waals surface area contributed by atoms with Gasteiger partial charge < -0.3 is 9.64 Å². The highest BCUT2D eigenvalue weighted by atomic mass is 32.2. The summed E-state index contributed by atoms with van der Waals surface area (Å²) in [6, 6.07) is 5.96. The minimum atomic E-state index is -3.76. The summed E-state index contributed by atoms with van der Waals surface area (Å²) in [7, 11) is -3.76. The Hall–Kier alpha value is -1.97. The molecule has 1 amide bonds. The number of thiazole rings is 1. The van der Waals surface area contributed by atoms with Crippen LogP contribution < -0.4 is 4.72 Å². The molecule has 0 aliphatic carbocycles. The number of sulfonamides is 1. The summed E-state index contributed by atoms with van der Waals surface area (Å²) < 4.78 is 33.0. The zero-order valence-electron chi connectivity index (χ0n) is 14.6. The van der Waals surface area contributed by atoms with E-state index in [1.54, 1.807) is 10.4 Å². The first-order valence-electron chi connectivity index (χ1n) is 8.32. The number of nitrogens with zero attached hydrogens (tertiary/aromatic N) is 2. The molecule has 1 aliphatic rings. The number of aromatic nitrogens is 1. The SMILES string of the molecule is CC(C)c1scnc1NS(=O)(=O)c1ccc(C(=O)N2CCOCC2)cc1. The van der Waals surface area contributed by atoms with Crippen molar-refractivity contribution in [1.82, 2.24) is 9.88 Å². The zero-order chi connectivity index (χ0) is 18.7. The fourth-order valence-electron chi connectivity index (χ4n) is 2.65. The van der Waals surface area contributed by atoms with Crippen molar-refractivity contribution in [3.05, 3.63) is 40.2 Å². The van der Waals surface area contributed by atoms with Crippen molar-refractivity contribution in [2.45, 2.75) is 24.7 Å². The van der Waals surface area contributed by atoms with Crippen molar-refractivity contribution in [2.75, 3.05) is 31.0 Å². The van der Waals surface area contributed by atoms with Gasteiger partial charge in [-0.25, -0.2) is 13.4 Å². The quantitative estimate of drug-likeness (QED) is 0.840. The van der Waals surface area contributed by atoms with Gasteiger partial charge in [0.1, 0.15) is 0 Å². The average molecular weight is 396 g/mol. The number of anilines is 1. The van der Waals surface area contributed by atoms with Crippen LogP contribution in [-0.2, 0) is 14.8 Å². The molecular weight excluding hydrogens is 374 g/mol. The lowest BCUT2D eigenvalue weighted by Crippen LogP contribution is -2.40. The predicted octanol–water partition coefficient (Wildman–Crippen LogP) is 2.54. The standard InChI is InChI=1S/C17H21N3O4S2/c1-12(2)15-16(18-11-25-15)19-26(22,23)14-5-3-13(4-6-14)17(21)20-7-9-24-10-8-20/h3-6,11-12,19H,7-10H2,1-2H3. The number of ether oxygens (including phenoxy) is 1. The van der Waals surface area contributed by atoms with E-state index >= 15 is 0 Å². The van der Waals surface area contributed by atoms with Gasteiger partial charge in [-0.3, -0.25) is 9.52 Å². The molecule has 0 unspecified atom stereocenters. The van der Waals surface area contributed by atoms with Crippen molar-refractivity contribution < 1.29 is 17.9 Å². The molecule has 26 heavy (non-hydrogen) atoms. The van der Waals surface area contributed by atoms with Gasteiger partial charge in [-0.2, -0.15) is 0 Å². The predicted molar refractivity (Wildman–Crippen MR) is 100 cm³/mol. The largest absolute Gasteiger partial charge is 0.378 e. The van der Waals surface area contributed by atoms with Crippen molar-refractivity contribution in [2.24, 2.45) is 0 Å². The summed E-state index contributed by atoms with van der Waals surface area (Å²) in [4.78, 5) is 19.2. The maximum Gasteiger partial charge on any atom is 0.263 e. The maximum atomic E-state index is 12.6. The van der Waals surface area contributed by atoms with Crippen LogP contribution in [0.25, 0.3) is 0 Å². The lowest BCUT2D eigenvalue weighted by molar-refractivity contribution is 0.0303. The first kappa shape index (κ1) is 18.8. The van der Waals surface area contributed by atoms with Crippen LogP contribution in [0.5, 0.6) is 0 Å². The Kier molecular flexibility index (Phi) is 5.59. The molecule has 1 aliphatic heterocycles. The van der Waals surface area contributed by atoms with E-state index in [0.29, 0.717) is 37.7 Å². The first-order chi connectivity index (χ1) is 12.4. The van der Waals surface area contributed by atoms with Gasteiger partial charge in [0.25, 0.3) is 15.9 Å². The van der Waals surface area contributed by atoms with Gasteiger partial charge in [-0.15, -0.1) is 11.3 Å². The Bertz CT molecular complexity index is 870. The van der Waals surface area contributed by atoms with Crippen LogP contribution in [0.15, 0.2) is 34.7 Å². The van der Waals surface area contributed by atoms with Gasteiger partial charge >= 0.3 is 0 Å². The number of hydrogen-bond acceptors (Lipinski definition) is 6. The Morgan fingerprint density at radius 1 is 1.23 bits per heavy atom. The summed E-state index contributed by atoms with van der Waals surface area (Å²) in [5, 5.41) is 0. The van der Waals surface area contributed by atoms with Crippen LogP contribution in [-0.4, -0.2) is 50.5 Å². The van der Waals surface area contributed by atoms with Crippen LogP contribution in [0.1, 0.15) is 35.0 Å². The highest BCUT2D eigenvalue weighted by Gasteiger charge is 2.21. The number of rotatable bonds is 5. The lowest BCUT2D eigenvalue weighted by atomic mass is 10.2. The first-order valence-corrected chi connectivity index (χ1v) is 10.7. The molecule has 0 bridgehead atoms. The highest BCUT2D eigenvalue weighted by molar-refractivity contribution is 7.92. The molecule has 3 rings (SSSR count). The molecule has 0 saturated carbocycles. The van der Waals surface area contributed by atoms with Crippen LogP contribution in [0, 0.1) is 0 Å². The number of nitrogens with one attached hydrogen (secondary N) is 1. The molecule has 0 atom stereocenters. The summed E-state index contributed by atoms with van der Waals surface area (Å²) in [6.45, 7) is 6.10. The van der Waals surface area contributed by atoms with E-state index < -0.39 is 10.0 Å². The second-order valence-electron chi connectivity index (χ2n) is 6.25. The van der Waals surface area contributed by atoms with Gasteiger partial charge in [0.05, 0.1) is 28.5 Å². The van der Waals surface area contributed by atoms with Crippen LogP contribution >= 0.6 is 11.3 Å². The van der Waals surface area contributed by atoms with E-state index in [4.69, 9.17) is 4.74 Å². The van der Waals surface area contributed by atoms with E-state index in [-0.39, 0.29) is 16.7 Å². The summed E-state index contributed by atoms with van der Waals surface area (Å²) in [6.07, 6.45) is 0. The van der Waals surface area contributed by atoms with E-state index in [0.717, 1.165) is 4.88 Å². The molecule has 2 heterocycles. The van der Waals surface area contributed by atoms with Gasteiger partial charge in [-0.05, 0) is 30.2 Å². The molecule has 1 aromatic heterocycles. The molecule has 1 aromatic carbocycles. The third-order valence-electron chi connectivity index (χ3n) is 4.06.